The van der Waals surface area contributed by atoms with Crippen molar-refractivity contribution in [2.45, 2.75) is 64.5 Å². The van der Waals surface area contributed by atoms with Gasteiger partial charge in [-0.15, -0.1) is 0 Å². The molecule has 2 amide bonds. The zero-order chi connectivity index (χ0) is 21.9. The molecule has 1 aliphatic carbocycles. The zero-order valence-corrected chi connectivity index (χ0v) is 18.6. The average molecular weight is 412 g/mol. The number of allylic oxidation sites excluding steroid dienone is 4. The Morgan fingerprint density at radius 3 is 2.70 bits per heavy atom. The van der Waals surface area contributed by atoms with E-state index in [4.69, 9.17) is 0 Å². The minimum absolute atomic E-state index is 0.170. The number of carbonyl (C=O) groups is 2. The van der Waals surface area contributed by atoms with E-state index in [2.05, 4.69) is 47.9 Å². The van der Waals surface area contributed by atoms with Crippen LogP contribution in [0, 0.1) is 0 Å². The minimum Gasteiger partial charge on any atom is -0.370 e. The lowest BCUT2D eigenvalue weighted by Crippen LogP contribution is -2.59. The molecule has 0 saturated heterocycles. The number of aromatic nitrogens is 2. The van der Waals surface area contributed by atoms with Gasteiger partial charge in [-0.25, -0.2) is 4.68 Å². The quantitative estimate of drug-likeness (QED) is 0.670. The molecule has 7 heteroatoms. The van der Waals surface area contributed by atoms with E-state index < -0.39 is 5.54 Å². The summed E-state index contributed by atoms with van der Waals surface area (Å²) in [6, 6.07) is 0. The van der Waals surface area contributed by atoms with Gasteiger partial charge in [-0.3, -0.25) is 9.59 Å². The highest BCUT2D eigenvalue weighted by atomic mass is 16.2. The molecule has 0 spiro atoms. The Bertz CT molecular complexity index is 922. The van der Waals surface area contributed by atoms with Crippen LogP contribution in [0.25, 0.3) is 0 Å². The van der Waals surface area contributed by atoms with Crippen LogP contribution in [0.2, 0.25) is 0 Å². The summed E-state index contributed by atoms with van der Waals surface area (Å²) < 4.78 is 1.86. The monoisotopic (exact) mass is 411 g/mol. The van der Waals surface area contributed by atoms with E-state index >= 15 is 0 Å². The molecule has 1 atom stereocenters. The maximum absolute atomic E-state index is 13.4. The largest absolute Gasteiger partial charge is 0.370 e. The Labute approximate surface area is 178 Å². The Kier molecular flexibility index (Phi) is 6.19. The molecule has 1 aromatic heterocycles. The van der Waals surface area contributed by atoms with Crippen LogP contribution in [0.1, 0.15) is 63.7 Å². The van der Waals surface area contributed by atoms with Crippen LogP contribution >= 0.6 is 0 Å². The third-order valence-corrected chi connectivity index (χ3v) is 6.18. The summed E-state index contributed by atoms with van der Waals surface area (Å²) in [6.07, 6.45) is 12.7. The topological polar surface area (TPSA) is 88.1 Å². The first kappa shape index (κ1) is 21.9. The third kappa shape index (κ3) is 3.80. The second kappa shape index (κ2) is 8.50. The number of fused-ring (bicyclic) bond motifs is 1. The Hall–Kier alpha value is -2.83. The molecule has 1 aromatic rings. The number of nitrogens with one attached hydrogen (secondary N) is 3. The first-order chi connectivity index (χ1) is 14.3. The number of likely N-dealkylation sites (N-methyl/N-ethyl adjacent to an activating group) is 1. The van der Waals surface area contributed by atoms with Gasteiger partial charge >= 0.3 is 0 Å². The Balaban J connectivity index is 1.97. The third-order valence-electron chi connectivity index (χ3n) is 6.18. The molecule has 2 heterocycles. The lowest BCUT2D eigenvalue weighted by molar-refractivity contribution is -0.125. The number of hydrogen-bond donors (Lipinski definition) is 3. The number of anilines is 1. The van der Waals surface area contributed by atoms with Crippen LogP contribution in [-0.2, 0) is 10.3 Å². The van der Waals surface area contributed by atoms with Gasteiger partial charge in [-0.05, 0) is 45.1 Å². The van der Waals surface area contributed by atoms with Gasteiger partial charge in [0.05, 0.1) is 11.7 Å². The summed E-state index contributed by atoms with van der Waals surface area (Å²) in [4.78, 5) is 26.5. The molecule has 7 nitrogen and oxygen atoms in total. The van der Waals surface area contributed by atoms with Crippen molar-refractivity contribution in [3.05, 3.63) is 47.2 Å². The van der Waals surface area contributed by atoms with E-state index in [1.165, 1.54) is 5.57 Å². The number of amides is 2. The smallest absolute Gasteiger partial charge is 0.257 e. The number of nitrogens with zero attached hydrogens (tertiary/aromatic N) is 2. The molecule has 0 aromatic carbocycles. The fraction of sp³-hybridized carbons (Fsp3) is 0.522. The van der Waals surface area contributed by atoms with Gasteiger partial charge in [0, 0.05) is 13.6 Å². The van der Waals surface area contributed by atoms with E-state index in [9.17, 15) is 9.59 Å². The van der Waals surface area contributed by atoms with Crippen LogP contribution in [0.3, 0.4) is 0 Å². The van der Waals surface area contributed by atoms with Crippen LogP contribution in [-0.4, -0.2) is 40.7 Å². The number of carbonyl (C=O) groups excluding carboxylic acids is 2. The maximum atomic E-state index is 13.4. The van der Waals surface area contributed by atoms with Crippen molar-refractivity contribution in [3.8, 4) is 0 Å². The highest BCUT2D eigenvalue weighted by molar-refractivity contribution is 6.03. The molecule has 1 aliphatic heterocycles. The van der Waals surface area contributed by atoms with E-state index in [0.29, 0.717) is 17.8 Å². The molecule has 3 rings (SSSR count). The van der Waals surface area contributed by atoms with E-state index in [1.54, 1.807) is 13.2 Å². The van der Waals surface area contributed by atoms with Gasteiger partial charge in [0.15, 0.2) is 0 Å². The molecule has 0 saturated carbocycles. The summed E-state index contributed by atoms with van der Waals surface area (Å²) in [7, 11) is 1.60. The molecular formula is C23H33N5O2. The Morgan fingerprint density at radius 1 is 1.27 bits per heavy atom. The second-order valence-corrected chi connectivity index (χ2v) is 8.46. The fourth-order valence-electron chi connectivity index (χ4n) is 4.17. The summed E-state index contributed by atoms with van der Waals surface area (Å²) in [5.74, 6) is 0.156. The summed E-state index contributed by atoms with van der Waals surface area (Å²) >= 11 is 0. The van der Waals surface area contributed by atoms with Crippen molar-refractivity contribution in [2.24, 2.45) is 0 Å². The van der Waals surface area contributed by atoms with Crippen molar-refractivity contribution >= 4 is 17.6 Å². The molecule has 30 heavy (non-hydrogen) atoms. The van der Waals surface area contributed by atoms with Gasteiger partial charge in [-0.1, -0.05) is 43.7 Å². The minimum atomic E-state index is -1.15. The predicted molar refractivity (Wildman–Crippen MR) is 119 cm³/mol. The molecular weight excluding hydrogens is 378 g/mol. The van der Waals surface area contributed by atoms with E-state index in [1.807, 2.05) is 29.8 Å². The fourth-order valence-corrected chi connectivity index (χ4v) is 4.17. The van der Waals surface area contributed by atoms with Crippen molar-refractivity contribution < 1.29 is 9.59 Å². The van der Waals surface area contributed by atoms with Gasteiger partial charge in [0.1, 0.15) is 16.9 Å². The van der Waals surface area contributed by atoms with Gasteiger partial charge in [-0.2, -0.15) is 5.10 Å². The standard InChI is InChI=1S/C23H33N5O2/c1-6-16-9-8-10-17(12-11-16)23(7-2,21(30)24-5)27-20(29)18-15-26-28-19(18)25-14-13-22(28,3)4/h9-12,15,25H,6-8,13-14H2,1-5H3,(H,24,30)(H,27,29). The highest BCUT2D eigenvalue weighted by Gasteiger charge is 2.42. The molecule has 0 bridgehead atoms. The van der Waals surface area contributed by atoms with Gasteiger partial charge < -0.3 is 16.0 Å². The van der Waals surface area contributed by atoms with Crippen molar-refractivity contribution in [1.82, 2.24) is 20.4 Å². The SMILES string of the molecule is CCC1=CCC=C(C(CC)(NC(=O)c2cnn3c2NCCC3(C)C)C(=O)NC)C=C1. The molecule has 0 fully saturated rings. The van der Waals surface area contributed by atoms with Crippen LogP contribution in [0.15, 0.2) is 41.6 Å². The molecule has 0 radical (unpaired) electrons. The first-order valence-corrected chi connectivity index (χ1v) is 10.7. The highest BCUT2D eigenvalue weighted by Crippen LogP contribution is 2.32. The maximum Gasteiger partial charge on any atom is 0.257 e. The summed E-state index contributed by atoms with van der Waals surface area (Å²) in [6.45, 7) is 9.00. The molecule has 2 aliphatic rings. The molecule has 162 valence electrons. The summed E-state index contributed by atoms with van der Waals surface area (Å²) in [5, 5.41) is 13.6. The Morgan fingerprint density at radius 2 is 2.03 bits per heavy atom. The lowest BCUT2D eigenvalue weighted by Gasteiger charge is -2.34. The van der Waals surface area contributed by atoms with Gasteiger partial charge in [0.25, 0.3) is 5.91 Å². The first-order valence-electron chi connectivity index (χ1n) is 10.7. The normalized spacial score (nSPS) is 19.4. The second-order valence-electron chi connectivity index (χ2n) is 8.46. The van der Waals surface area contributed by atoms with Crippen LogP contribution < -0.4 is 16.0 Å². The van der Waals surface area contributed by atoms with E-state index in [0.717, 1.165) is 31.4 Å². The zero-order valence-electron chi connectivity index (χ0n) is 18.6. The average Bonchev–Trinajstić information content (AvgIpc) is 3.03. The number of hydrogen-bond acceptors (Lipinski definition) is 4. The molecule has 3 N–H and O–H groups in total. The van der Waals surface area contributed by atoms with E-state index in [-0.39, 0.29) is 17.4 Å². The van der Waals surface area contributed by atoms with Crippen molar-refractivity contribution in [2.75, 3.05) is 18.9 Å². The van der Waals surface area contributed by atoms with Gasteiger partial charge in [0.2, 0.25) is 5.91 Å². The van der Waals surface area contributed by atoms with Crippen LogP contribution in [0.4, 0.5) is 5.82 Å². The number of rotatable bonds is 6. The van der Waals surface area contributed by atoms with Crippen LogP contribution in [0.5, 0.6) is 0 Å². The van der Waals surface area contributed by atoms with Crippen molar-refractivity contribution in [3.63, 3.8) is 0 Å². The summed E-state index contributed by atoms with van der Waals surface area (Å²) in [5.41, 5.74) is 1.14. The lowest BCUT2D eigenvalue weighted by atomic mass is 9.84. The predicted octanol–water partition coefficient (Wildman–Crippen LogP) is 3.28. The molecule has 1 unspecified atom stereocenters. The van der Waals surface area contributed by atoms with Crippen molar-refractivity contribution in [1.29, 1.82) is 0 Å².